The van der Waals surface area contributed by atoms with Crippen molar-refractivity contribution in [3.8, 4) is 5.69 Å². The van der Waals surface area contributed by atoms with Crippen LogP contribution >= 0.6 is 28.1 Å². The van der Waals surface area contributed by atoms with Gasteiger partial charge in [0.15, 0.2) is 5.11 Å². The summed E-state index contributed by atoms with van der Waals surface area (Å²) in [6.45, 7) is 6.12. The third-order valence-corrected chi connectivity index (χ3v) is 7.53. The summed E-state index contributed by atoms with van der Waals surface area (Å²) in [5.74, 6) is -0.944. The number of hydrogen-bond donors (Lipinski definition) is 2. The Labute approximate surface area is 223 Å². The molecule has 2 atom stereocenters. The van der Waals surface area contributed by atoms with E-state index < -0.39 is 5.97 Å². The lowest BCUT2D eigenvalue weighted by Gasteiger charge is -2.28. The summed E-state index contributed by atoms with van der Waals surface area (Å²) in [4.78, 5) is 18.5. The van der Waals surface area contributed by atoms with Gasteiger partial charge in [-0.1, -0.05) is 28.1 Å². The molecular formula is C28H25BrN4O2S. The number of benzene rings is 2. The number of carboxylic acid groups (broad SMARTS) is 1. The number of anilines is 1. The highest BCUT2D eigenvalue weighted by Crippen LogP contribution is 2.44. The number of nitrogens with zero attached hydrogens (tertiary/aromatic N) is 3. The second kappa shape index (κ2) is 9.52. The van der Waals surface area contributed by atoms with Crippen LogP contribution in [-0.2, 0) is 0 Å². The number of carbonyl (C=O) groups is 1. The first-order chi connectivity index (χ1) is 17.3. The smallest absolute Gasteiger partial charge is 0.335 e. The van der Waals surface area contributed by atoms with E-state index >= 15 is 0 Å². The molecule has 0 bridgehead atoms. The van der Waals surface area contributed by atoms with Gasteiger partial charge in [0.05, 0.1) is 23.3 Å². The van der Waals surface area contributed by atoms with Crippen molar-refractivity contribution >= 4 is 44.9 Å². The predicted molar refractivity (Wildman–Crippen MR) is 149 cm³/mol. The SMILES string of the molecule is Cc1ccc(C(=O)O)cc1-n1c(C)cc([C@H]2[C@H](c3ccccn3)NC(=S)N2c2ccc(Br)cc2)c1C. The number of halogens is 1. The minimum atomic E-state index is -0.944. The molecule has 1 saturated heterocycles. The topological polar surface area (TPSA) is 70.4 Å². The maximum absolute atomic E-state index is 11.7. The molecule has 2 aromatic heterocycles. The molecule has 5 rings (SSSR count). The Bertz CT molecular complexity index is 1470. The number of rotatable bonds is 5. The van der Waals surface area contributed by atoms with Gasteiger partial charge in [0.25, 0.3) is 0 Å². The predicted octanol–water partition coefficient (Wildman–Crippen LogP) is 6.44. The largest absolute Gasteiger partial charge is 0.478 e. The molecule has 2 N–H and O–H groups in total. The van der Waals surface area contributed by atoms with Crippen molar-refractivity contribution in [2.24, 2.45) is 0 Å². The van der Waals surface area contributed by atoms with E-state index in [4.69, 9.17) is 12.2 Å². The average molecular weight is 562 g/mol. The fourth-order valence-electron chi connectivity index (χ4n) is 4.99. The number of carboxylic acids is 1. The summed E-state index contributed by atoms with van der Waals surface area (Å²) >= 11 is 9.38. The number of hydrogen-bond acceptors (Lipinski definition) is 3. The van der Waals surface area contributed by atoms with Crippen LogP contribution in [0.1, 0.15) is 50.7 Å². The Morgan fingerprint density at radius 1 is 1.06 bits per heavy atom. The summed E-state index contributed by atoms with van der Waals surface area (Å²) in [6, 6.07) is 21.1. The van der Waals surface area contributed by atoms with E-state index in [2.05, 4.69) is 48.7 Å². The van der Waals surface area contributed by atoms with E-state index in [-0.39, 0.29) is 17.6 Å². The van der Waals surface area contributed by atoms with Crippen LogP contribution in [0.5, 0.6) is 0 Å². The van der Waals surface area contributed by atoms with E-state index in [1.807, 2.05) is 62.4 Å². The van der Waals surface area contributed by atoms with E-state index in [0.717, 1.165) is 44.1 Å². The van der Waals surface area contributed by atoms with Gasteiger partial charge in [-0.15, -0.1) is 0 Å². The summed E-state index contributed by atoms with van der Waals surface area (Å²) in [5, 5.41) is 13.7. The minimum Gasteiger partial charge on any atom is -0.478 e. The van der Waals surface area contributed by atoms with Crippen LogP contribution in [0.15, 0.2) is 77.4 Å². The third kappa shape index (κ3) is 4.20. The molecule has 8 heteroatoms. The molecule has 1 fully saturated rings. The van der Waals surface area contributed by atoms with Crippen molar-refractivity contribution in [3.63, 3.8) is 0 Å². The Kier molecular flexibility index (Phi) is 6.40. The van der Waals surface area contributed by atoms with Crippen LogP contribution in [0.2, 0.25) is 0 Å². The van der Waals surface area contributed by atoms with Crippen LogP contribution in [-0.4, -0.2) is 25.7 Å². The lowest BCUT2D eigenvalue weighted by Crippen LogP contribution is -2.29. The molecule has 6 nitrogen and oxygen atoms in total. The highest BCUT2D eigenvalue weighted by Gasteiger charge is 2.42. The molecular weight excluding hydrogens is 536 g/mol. The van der Waals surface area contributed by atoms with Crippen LogP contribution < -0.4 is 10.2 Å². The minimum absolute atomic E-state index is 0.156. The molecule has 3 heterocycles. The number of thiocarbonyl (C=S) groups is 1. The fourth-order valence-corrected chi connectivity index (χ4v) is 5.60. The molecule has 0 amide bonds. The van der Waals surface area contributed by atoms with Gasteiger partial charge in [-0.25, -0.2) is 4.79 Å². The second-order valence-corrected chi connectivity index (χ2v) is 10.2. The summed E-state index contributed by atoms with van der Waals surface area (Å²) in [6.07, 6.45) is 1.80. The zero-order valence-electron chi connectivity index (χ0n) is 20.1. The quantitative estimate of drug-likeness (QED) is 0.274. The van der Waals surface area contributed by atoms with Gasteiger partial charge >= 0.3 is 5.97 Å². The average Bonchev–Trinajstić information content (AvgIpc) is 3.35. The van der Waals surface area contributed by atoms with Crippen molar-refractivity contribution in [3.05, 3.63) is 111 Å². The lowest BCUT2D eigenvalue weighted by molar-refractivity contribution is 0.0697. The fraction of sp³-hybridized carbons (Fsp3) is 0.179. The second-order valence-electron chi connectivity index (χ2n) is 8.94. The van der Waals surface area contributed by atoms with Gasteiger partial charge in [0.1, 0.15) is 0 Å². The first-order valence-corrected chi connectivity index (χ1v) is 12.8. The van der Waals surface area contributed by atoms with Crippen molar-refractivity contribution in [1.29, 1.82) is 0 Å². The summed E-state index contributed by atoms with van der Waals surface area (Å²) in [5.41, 5.74) is 7.13. The number of aromatic nitrogens is 2. The molecule has 0 saturated carbocycles. The highest BCUT2D eigenvalue weighted by atomic mass is 79.9. The van der Waals surface area contributed by atoms with Crippen LogP contribution in [0.3, 0.4) is 0 Å². The van der Waals surface area contributed by atoms with Gasteiger partial charge in [0, 0.05) is 33.4 Å². The molecule has 2 aromatic carbocycles. The Morgan fingerprint density at radius 3 is 2.47 bits per heavy atom. The Morgan fingerprint density at radius 2 is 1.81 bits per heavy atom. The number of pyridine rings is 1. The zero-order valence-corrected chi connectivity index (χ0v) is 22.5. The van der Waals surface area contributed by atoms with E-state index in [1.165, 1.54) is 0 Å². The third-order valence-electron chi connectivity index (χ3n) is 6.69. The van der Waals surface area contributed by atoms with E-state index in [1.54, 1.807) is 18.3 Å². The highest BCUT2D eigenvalue weighted by molar-refractivity contribution is 9.10. The maximum atomic E-state index is 11.7. The normalized spacial score (nSPS) is 17.3. The van der Waals surface area contributed by atoms with Gasteiger partial charge in [-0.3, -0.25) is 4.98 Å². The first kappa shape index (κ1) is 24.2. The van der Waals surface area contributed by atoms with Crippen LogP contribution in [0.4, 0.5) is 5.69 Å². The number of aromatic carboxylic acids is 1. The molecule has 1 aliphatic rings. The molecule has 0 radical (unpaired) electrons. The maximum Gasteiger partial charge on any atom is 0.335 e. The van der Waals surface area contributed by atoms with Crippen molar-refractivity contribution in [2.45, 2.75) is 32.9 Å². The van der Waals surface area contributed by atoms with Crippen LogP contribution in [0.25, 0.3) is 5.69 Å². The van der Waals surface area contributed by atoms with E-state index in [0.29, 0.717) is 5.11 Å². The van der Waals surface area contributed by atoms with Gasteiger partial charge in [-0.2, -0.15) is 0 Å². The van der Waals surface area contributed by atoms with Crippen molar-refractivity contribution < 1.29 is 9.90 Å². The number of aryl methyl sites for hydroxylation is 2. The monoisotopic (exact) mass is 560 g/mol. The van der Waals surface area contributed by atoms with Gasteiger partial charge in [0.2, 0.25) is 0 Å². The number of nitrogens with one attached hydrogen (secondary N) is 1. The molecule has 0 unspecified atom stereocenters. The molecule has 182 valence electrons. The van der Waals surface area contributed by atoms with E-state index in [9.17, 15) is 9.90 Å². The van der Waals surface area contributed by atoms with Crippen molar-refractivity contribution in [2.75, 3.05) is 4.90 Å². The van der Waals surface area contributed by atoms with Crippen molar-refractivity contribution in [1.82, 2.24) is 14.9 Å². The standard InChI is InChI=1S/C28H25BrN4O2S/c1-16-7-8-19(27(34)35)15-24(16)32-17(2)14-22(18(32)3)26-25(23-6-4-5-13-30-23)31-28(36)33(26)21-11-9-20(29)10-12-21/h4-15,25-26H,1-3H3,(H,31,36)(H,34,35)/t25-,26-/m0/s1. The molecule has 36 heavy (non-hydrogen) atoms. The molecule has 1 aliphatic heterocycles. The lowest BCUT2D eigenvalue weighted by atomic mass is 9.96. The van der Waals surface area contributed by atoms with Gasteiger partial charge in [-0.05, 0) is 98.7 Å². The zero-order chi connectivity index (χ0) is 25.6. The van der Waals surface area contributed by atoms with Gasteiger partial charge < -0.3 is 19.9 Å². The Hall–Kier alpha value is -3.49. The molecule has 0 aliphatic carbocycles. The molecule has 0 spiro atoms. The first-order valence-electron chi connectivity index (χ1n) is 11.6. The molecule has 4 aromatic rings. The summed E-state index contributed by atoms with van der Waals surface area (Å²) < 4.78 is 3.13. The van der Waals surface area contributed by atoms with Crippen LogP contribution in [0, 0.1) is 20.8 Å². The Balaban J connectivity index is 1.69. The summed E-state index contributed by atoms with van der Waals surface area (Å²) in [7, 11) is 0.